The Morgan fingerprint density at radius 3 is 2.61 bits per heavy atom. The summed E-state index contributed by atoms with van der Waals surface area (Å²) in [7, 11) is -3.10. The highest BCUT2D eigenvalue weighted by atomic mass is 32.2. The molecule has 0 saturated heterocycles. The largest absolute Gasteiger partial charge is 0.337 e. The number of amides is 2. The van der Waals surface area contributed by atoms with Gasteiger partial charge in [0.05, 0.1) is 5.75 Å². The monoisotopic (exact) mass is 274 g/mol. The Balaban J connectivity index is 2.47. The molecule has 100 valence electrons. The molecule has 1 aromatic carbocycles. The molecule has 2 N–H and O–H groups in total. The predicted molar refractivity (Wildman–Crippen MR) is 67.9 cm³/mol. The first-order valence-electron chi connectivity index (χ1n) is 5.26. The number of urea groups is 1. The van der Waals surface area contributed by atoms with Crippen LogP contribution in [0.2, 0.25) is 0 Å². The first kappa shape index (κ1) is 14.4. The second-order valence-electron chi connectivity index (χ2n) is 3.97. The van der Waals surface area contributed by atoms with Gasteiger partial charge in [-0.05, 0) is 30.7 Å². The van der Waals surface area contributed by atoms with Crippen molar-refractivity contribution in [3.05, 3.63) is 29.6 Å². The van der Waals surface area contributed by atoms with Crippen LogP contribution in [-0.4, -0.2) is 33.0 Å². The van der Waals surface area contributed by atoms with E-state index in [4.69, 9.17) is 0 Å². The number of anilines is 1. The summed E-state index contributed by atoms with van der Waals surface area (Å²) in [5.41, 5.74) is 0.870. The maximum absolute atomic E-state index is 13.0. The zero-order valence-corrected chi connectivity index (χ0v) is 11.0. The van der Waals surface area contributed by atoms with Crippen molar-refractivity contribution in [2.75, 3.05) is 23.9 Å². The highest BCUT2D eigenvalue weighted by molar-refractivity contribution is 7.90. The van der Waals surface area contributed by atoms with Crippen LogP contribution in [0.5, 0.6) is 0 Å². The molecule has 5 nitrogen and oxygen atoms in total. The lowest BCUT2D eigenvalue weighted by Crippen LogP contribution is -2.32. The van der Waals surface area contributed by atoms with Gasteiger partial charge in [-0.3, -0.25) is 0 Å². The van der Waals surface area contributed by atoms with E-state index in [0.717, 1.165) is 6.26 Å². The van der Waals surface area contributed by atoms with Crippen LogP contribution >= 0.6 is 0 Å². The Morgan fingerprint density at radius 2 is 2.06 bits per heavy atom. The fourth-order valence-electron chi connectivity index (χ4n) is 1.25. The van der Waals surface area contributed by atoms with Crippen molar-refractivity contribution >= 4 is 21.6 Å². The molecular weight excluding hydrogens is 259 g/mol. The zero-order chi connectivity index (χ0) is 13.8. The van der Waals surface area contributed by atoms with E-state index in [2.05, 4.69) is 10.6 Å². The average molecular weight is 274 g/mol. The van der Waals surface area contributed by atoms with E-state index in [1.807, 2.05) is 0 Å². The lowest BCUT2D eigenvalue weighted by molar-refractivity contribution is 0.252. The smallest absolute Gasteiger partial charge is 0.319 e. The molecule has 1 aromatic rings. The Bertz CT molecular complexity index is 543. The minimum absolute atomic E-state index is 0.0326. The number of carbonyl (C=O) groups is 1. The standard InChI is InChI=1S/C11H15FN2O3S/c1-8-7-9(3-4-10(8)12)14-11(15)13-5-6-18(2,16)17/h3-4,7H,5-6H2,1-2H3,(H2,13,14,15). The molecule has 7 heteroatoms. The van der Waals surface area contributed by atoms with Gasteiger partial charge in [0.1, 0.15) is 15.7 Å². The Hall–Kier alpha value is -1.63. The number of nitrogens with one attached hydrogen (secondary N) is 2. The molecule has 0 saturated carbocycles. The van der Waals surface area contributed by atoms with Gasteiger partial charge in [-0.25, -0.2) is 17.6 Å². The molecule has 0 spiro atoms. The molecule has 0 unspecified atom stereocenters. The highest BCUT2D eigenvalue weighted by Crippen LogP contribution is 2.13. The quantitative estimate of drug-likeness (QED) is 0.869. The first-order valence-corrected chi connectivity index (χ1v) is 7.33. The van der Waals surface area contributed by atoms with Crippen molar-refractivity contribution in [3.8, 4) is 0 Å². The molecule has 0 bridgehead atoms. The summed E-state index contributed by atoms with van der Waals surface area (Å²) in [6.45, 7) is 1.62. The third-order valence-corrected chi connectivity index (χ3v) is 3.12. The number of hydrogen-bond donors (Lipinski definition) is 2. The van der Waals surface area contributed by atoms with E-state index in [0.29, 0.717) is 11.3 Å². The number of benzene rings is 1. The highest BCUT2D eigenvalue weighted by Gasteiger charge is 2.06. The molecule has 18 heavy (non-hydrogen) atoms. The van der Waals surface area contributed by atoms with Gasteiger partial charge < -0.3 is 10.6 Å². The zero-order valence-electron chi connectivity index (χ0n) is 10.2. The molecule has 2 amide bonds. The number of halogens is 1. The van der Waals surface area contributed by atoms with E-state index < -0.39 is 15.9 Å². The van der Waals surface area contributed by atoms with Crippen LogP contribution in [0.1, 0.15) is 5.56 Å². The van der Waals surface area contributed by atoms with Crippen molar-refractivity contribution in [1.82, 2.24) is 5.32 Å². The minimum atomic E-state index is -3.10. The molecule has 1 rings (SSSR count). The maximum Gasteiger partial charge on any atom is 0.319 e. The molecule has 0 radical (unpaired) electrons. The molecule has 0 heterocycles. The average Bonchev–Trinajstić information content (AvgIpc) is 2.21. The lowest BCUT2D eigenvalue weighted by Gasteiger charge is -2.08. The molecular formula is C11H15FN2O3S. The summed E-state index contributed by atoms with van der Waals surface area (Å²) in [5, 5.41) is 4.88. The van der Waals surface area contributed by atoms with Gasteiger partial charge in [-0.15, -0.1) is 0 Å². The number of rotatable bonds is 4. The van der Waals surface area contributed by atoms with E-state index in [1.165, 1.54) is 18.2 Å². The van der Waals surface area contributed by atoms with Crippen LogP contribution in [0.3, 0.4) is 0 Å². The van der Waals surface area contributed by atoms with Gasteiger partial charge in [-0.2, -0.15) is 0 Å². The van der Waals surface area contributed by atoms with E-state index in [-0.39, 0.29) is 18.1 Å². The number of carbonyl (C=O) groups excluding carboxylic acids is 1. The second kappa shape index (κ2) is 5.81. The van der Waals surface area contributed by atoms with Crippen molar-refractivity contribution in [2.24, 2.45) is 0 Å². The summed E-state index contributed by atoms with van der Waals surface area (Å²) in [5.74, 6) is -0.471. The predicted octanol–water partition coefficient (Wildman–Crippen LogP) is 1.30. The fourth-order valence-corrected chi connectivity index (χ4v) is 1.72. The van der Waals surface area contributed by atoms with Crippen LogP contribution in [0.15, 0.2) is 18.2 Å². The van der Waals surface area contributed by atoms with Crippen LogP contribution in [0.4, 0.5) is 14.9 Å². The molecule has 0 atom stereocenters. The summed E-state index contributed by atoms with van der Waals surface area (Å²) < 4.78 is 34.7. The van der Waals surface area contributed by atoms with Gasteiger partial charge in [0.2, 0.25) is 0 Å². The SMILES string of the molecule is Cc1cc(NC(=O)NCCS(C)(=O)=O)ccc1F. The minimum Gasteiger partial charge on any atom is -0.337 e. The van der Waals surface area contributed by atoms with Crippen LogP contribution in [0, 0.1) is 12.7 Å². The van der Waals surface area contributed by atoms with Gasteiger partial charge >= 0.3 is 6.03 Å². The summed E-state index contributed by atoms with van der Waals surface area (Å²) in [6, 6.07) is 3.65. The summed E-state index contributed by atoms with van der Waals surface area (Å²) >= 11 is 0. The molecule has 0 aliphatic rings. The lowest BCUT2D eigenvalue weighted by atomic mass is 10.2. The fraction of sp³-hybridized carbons (Fsp3) is 0.364. The summed E-state index contributed by atoms with van der Waals surface area (Å²) in [6.07, 6.45) is 1.09. The van der Waals surface area contributed by atoms with Crippen molar-refractivity contribution in [2.45, 2.75) is 6.92 Å². The van der Waals surface area contributed by atoms with E-state index in [1.54, 1.807) is 6.92 Å². The molecule has 0 aromatic heterocycles. The van der Waals surface area contributed by atoms with Gasteiger partial charge in [-0.1, -0.05) is 0 Å². The molecule has 0 aliphatic carbocycles. The Labute approximate surface area is 105 Å². The second-order valence-corrected chi connectivity index (χ2v) is 6.23. The molecule has 0 fully saturated rings. The van der Waals surface area contributed by atoms with Crippen molar-refractivity contribution in [1.29, 1.82) is 0 Å². The van der Waals surface area contributed by atoms with Gasteiger partial charge in [0, 0.05) is 18.5 Å². The van der Waals surface area contributed by atoms with Gasteiger partial charge in [0.15, 0.2) is 0 Å². The van der Waals surface area contributed by atoms with Gasteiger partial charge in [0.25, 0.3) is 0 Å². The van der Waals surface area contributed by atoms with Crippen LogP contribution in [-0.2, 0) is 9.84 Å². The van der Waals surface area contributed by atoms with Crippen LogP contribution in [0.25, 0.3) is 0 Å². The number of hydrogen-bond acceptors (Lipinski definition) is 3. The van der Waals surface area contributed by atoms with E-state index in [9.17, 15) is 17.6 Å². The Kier molecular flexibility index (Phi) is 4.66. The topological polar surface area (TPSA) is 75.3 Å². The summed E-state index contributed by atoms with van der Waals surface area (Å²) in [4.78, 5) is 11.4. The van der Waals surface area contributed by atoms with E-state index >= 15 is 0 Å². The Morgan fingerprint density at radius 1 is 1.39 bits per heavy atom. The van der Waals surface area contributed by atoms with Crippen LogP contribution < -0.4 is 10.6 Å². The normalized spacial score (nSPS) is 11.1. The molecule has 0 aliphatic heterocycles. The van der Waals surface area contributed by atoms with Crippen molar-refractivity contribution in [3.63, 3.8) is 0 Å². The third kappa shape index (κ3) is 5.13. The maximum atomic E-state index is 13.0. The number of aryl methyl sites for hydroxylation is 1. The van der Waals surface area contributed by atoms with Crippen molar-refractivity contribution < 1.29 is 17.6 Å². The number of sulfone groups is 1. The third-order valence-electron chi connectivity index (χ3n) is 2.17. The first-order chi connectivity index (χ1) is 8.28.